The van der Waals surface area contributed by atoms with Gasteiger partial charge in [-0.1, -0.05) is 30.3 Å². The highest BCUT2D eigenvalue weighted by Gasteiger charge is 2.19. The Bertz CT molecular complexity index is 646. The second kappa shape index (κ2) is 7.97. The largest absolute Gasteiger partial charge is 0.338 e. The molecule has 1 aromatic carbocycles. The number of anilines is 1. The first-order chi connectivity index (χ1) is 11.7. The molecule has 0 atom stereocenters. The number of aromatic nitrogens is 2. The van der Waals surface area contributed by atoms with E-state index in [1.165, 1.54) is 5.56 Å². The van der Waals surface area contributed by atoms with Crippen molar-refractivity contribution in [3.63, 3.8) is 0 Å². The molecule has 0 spiro atoms. The van der Waals surface area contributed by atoms with Crippen LogP contribution in [0, 0.1) is 5.92 Å². The number of rotatable bonds is 5. The van der Waals surface area contributed by atoms with E-state index in [0.717, 1.165) is 39.0 Å². The molecule has 1 aromatic heterocycles. The Kier molecular flexibility index (Phi) is 5.48. The van der Waals surface area contributed by atoms with Crippen LogP contribution >= 0.6 is 0 Å². The zero-order valence-corrected chi connectivity index (χ0v) is 14.1. The third-order valence-corrected chi connectivity index (χ3v) is 4.46. The number of carbonyl (C=O) groups excluding carboxylic acids is 1. The monoisotopic (exact) mass is 327 g/mol. The highest BCUT2D eigenvalue weighted by molar-refractivity contribution is 5.88. The molecule has 2 N–H and O–H groups in total. The average Bonchev–Trinajstić information content (AvgIpc) is 3.00. The van der Waals surface area contributed by atoms with Crippen molar-refractivity contribution in [1.82, 2.24) is 20.0 Å². The molecule has 0 aliphatic carbocycles. The summed E-state index contributed by atoms with van der Waals surface area (Å²) in [5.41, 5.74) is 1.36. The molecule has 0 saturated carbocycles. The molecule has 128 valence electrons. The fraction of sp³-hybridized carbons (Fsp3) is 0.444. The molecule has 0 unspecified atom stereocenters. The van der Waals surface area contributed by atoms with Gasteiger partial charge in [-0.3, -0.25) is 14.9 Å². The van der Waals surface area contributed by atoms with E-state index in [-0.39, 0.29) is 6.03 Å². The molecule has 1 saturated heterocycles. The van der Waals surface area contributed by atoms with Crippen LogP contribution < -0.4 is 10.6 Å². The highest BCUT2D eigenvalue weighted by Crippen LogP contribution is 2.18. The van der Waals surface area contributed by atoms with Crippen molar-refractivity contribution in [3.8, 4) is 0 Å². The van der Waals surface area contributed by atoms with E-state index in [0.29, 0.717) is 11.7 Å². The number of piperidine rings is 1. The van der Waals surface area contributed by atoms with Crippen molar-refractivity contribution in [1.29, 1.82) is 0 Å². The van der Waals surface area contributed by atoms with Gasteiger partial charge in [-0.15, -0.1) is 0 Å². The van der Waals surface area contributed by atoms with Crippen LogP contribution in [0.5, 0.6) is 0 Å². The fourth-order valence-corrected chi connectivity index (χ4v) is 3.07. The van der Waals surface area contributed by atoms with E-state index in [9.17, 15) is 4.79 Å². The van der Waals surface area contributed by atoms with Gasteiger partial charge >= 0.3 is 6.03 Å². The third-order valence-electron chi connectivity index (χ3n) is 4.46. The number of aryl methyl sites for hydroxylation is 1. The molecule has 1 aliphatic rings. The van der Waals surface area contributed by atoms with Gasteiger partial charge in [0.25, 0.3) is 0 Å². The maximum absolute atomic E-state index is 11.9. The zero-order valence-electron chi connectivity index (χ0n) is 14.1. The molecule has 1 aliphatic heterocycles. The number of carbonyl (C=O) groups is 1. The highest BCUT2D eigenvalue weighted by atomic mass is 16.2. The number of nitrogens with zero attached hydrogens (tertiary/aromatic N) is 3. The summed E-state index contributed by atoms with van der Waals surface area (Å²) in [6.07, 6.45) is 4.05. The molecule has 0 bridgehead atoms. The molecule has 6 nitrogen and oxygen atoms in total. The lowest BCUT2D eigenvalue weighted by Crippen LogP contribution is -2.39. The second-order valence-electron chi connectivity index (χ2n) is 6.41. The van der Waals surface area contributed by atoms with Gasteiger partial charge < -0.3 is 5.32 Å². The molecular weight excluding hydrogens is 302 g/mol. The Morgan fingerprint density at radius 1 is 1.21 bits per heavy atom. The Hall–Kier alpha value is -2.34. The molecule has 2 amide bonds. The summed E-state index contributed by atoms with van der Waals surface area (Å²) in [5, 5.41) is 9.84. The topological polar surface area (TPSA) is 62.2 Å². The van der Waals surface area contributed by atoms with Crippen LogP contribution in [0.3, 0.4) is 0 Å². The van der Waals surface area contributed by atoms with Crippen molar-refractivity contribution in [2.45, 2.75) is 19.4 Å². The number of amides is 2. The van der Waals surface area contributed by atoms with Crippen LogP contribution in [-0.2, 0) is 13.6 Å². The lowest BCUT2D eigenvalue weighted by molar-refractivity contribution is 0.175. The Morgan fingerprint density at radius 2 is 1.96 bits per heavy atom. The van der Waals surface area contributed by atoms with Crippen LogP contribution in [0.25, 0.3) is 0 Å². The van der Waals surface area contributed by atoms with Crippen molar-refractivity contribution in [2.75, 3.05) is 25.0 Å². The smallest absolute Gasteiger partial charge is 0.320 e. The first-order valence-corrected chi connectivity index (χ1v) is 8.50. The van der Waals surface area contributed by atoms with E-state index in [1.54, 1.807) is 16.9 Å². The molecule has 3 rings (SSSR count). The summed E-state index contributed by atoms with van der Waals surface area (Å²) in [5.74, 6) is 1.12. The molecule has 0 radical (unpaired) electrons. The maximum atomic E-state index is 11.9. The second-order valence-corrected chi connectivity index (χ2v) is 6.41. The van der Waals surface area contributed by atoms with Crippen LogP contribution in [0.15, 0.2) is 42.6 Å². The van der Waals surface area contributed by atoms with Gasteiger partial charge in [-0.25, -0.2) is 4.79 Å². The van der Waals surface area contributed by atoms with E-state index >= 15 is 0 Å². The molecule has 2 aromatic rings. The number of hydrogen-bond donors (Lipinski definition) is 2. The number of urea groups is 1. The Morgan fingerprint density at radius 3 is 2.62 bits per heavy atom. The minimum Gasteiger partial charge on any atom is -0.338 e. The quantitative estimate of drug-likeness (QED) is 0.887. The van der Waals surface area contributed by atoms with Crippen molar-refractivity contribution in [3.05, 3.63) is 48.2 Å². The Balaban J connectivity index is 1.35. The van der Waals surface area contributed by atoms with Crippen LogP contribution in [0.4, 0.5) is 10.6 Å². The van der Waals surface area contributed by atoms with Gasteiger partial charge in [-0.05, 0) is 37.4 Å². The van der Waals surface area contributed by atoms with Crippen molar-refractivity contribution >= 4 is 11.8 Å². The SMILES string of the molecule is Cn1ccc(NC(=O)NCC2CCN(Cc3ccccc3)CC2)n1. The van der Waals surface area contributed by atoms with E-state index in [2.05, 4.69) is 51.0 Å². The summed E-state index contributed by atoms with van der Waals surface area (Å²) in [6, 6.07) is 12.2. The summed E-state index contributed by atoms with van der Waals surface area (Å²) >= 11 is 0. The summed E-state index contributed by atoms with van der Waals surface area (Å²) in [6.45, 7) is 3.91. The normalized spacial score (nSPS) is 16.0. The van der Waals surface area contributed by atoms with Crippen LogP contribution in [0.1, 0.15) is 18.4 Å². The van der Waals surface area contributed by atoms with E-state index in [4.69, 9.17) is 0 Å². The standard InChI is InChI=1S/C18H25N5O/c1-22-10-9-17(21-22)20-18(24)19-13-15-7-11-23(12-8-15)14-16-5-3-2-4-6-16/h2-6,9-10,15H,7-8,11-14H2,1H3,(H2,19,20,21,24). The van der Waals surface area contributed by atoms with Gasteiger partial charge in [0.2, 0.25) is 0 Å². The zero-order chi connectivity index (χ0) is 16.8. The fourth-order valence-electron chi connectivity index (χ4n) is 3.07. The molecule has 24 heavy (non-hydrogen) atoms. The summed E-state index contributed by atoms with van der Waals surface area (Å²) < 4.78 is 1.66. The molecule has 6 heteroatoms. The van der Waals surface area contributed by atoms with Crippen molar-refractivity contribution < 1.29 is 4.79 Å². The maximum Gasteiger partial charge on any atom is 0.320 e. The first kappa shape index (κ1) is 16.5. The third kappa shape index (κ3) is 4.83. The van der Waals surface area contributed by atoms with Gasteiger partial charge in [0, 0.05) is 32.4 Å². The van der Waals surface area contributed by atoms with Crippen molar-refractivity contribution in [2.24, 2.45) is 13.0 Å². The number of likely N-dealkylation sites (tertiary alicyclic amines) is 1. The summed E-state index contributed by atoms with van der Waals surface area (Å²) in [4.78, 5) is 14.4. The number of nitrogens with one attached hydrogen (secondary N) is 2. The minimum absolute atomic E-state index is 0.180. The number of hydrogen-bond acceptors (Lipinski definition) is 3. The first-order valence-electron chi connectivity index (χ1n) is 8.50. The van der Waals surface area contributed by atoms with Gasteiger partial charge in [0.05, 0.1) is 0 Å². The van der Waals surface area contributed by atoms with Crippen LogP contribution in [0.2, 0.25) is 0 Å². The predicted molar refractivity (Wildman–Crippen MR) is 94.7 cm³/mol. The van der Waals surface area contributed by atoms with Gasteiger partial charge in [0.1, 0.15) is 0 Å². The number of benzene rings is 1. The van der Waals surface area contributed by atoms with E-state index in [1.807, 2.05) is 7.05 Å². The molecule has 1 fully saturated rings. The van der Waals surface area contributed by atoms with E-state index < -0.39 is 0 Å². The lowest BCUT2D eigenvalue weighted by atomic mass is 9.96. The summed E-state index contributed by atoms with van der Waals surface area (Å²) in [7, 11) is 1.83. The molecule has 2 heterocycles. The van der Waals surface area contributed by atoms with Gasteiger partial charge in [-0.2, -0.15) is 5.10 Å². The lowest BCUT2D eigenvalue weighted by Gasteiger charge is -2.32. The van der Waals surface area contributed by atoms with Gasteiger partial charge in [0.15, 0.2) is 5.82 Å². The minimum atomic E-state index is -0.180. The Labute approximate surface area is 142 Å². The van der Waals surface area contributed by atoms with Crippen LogP contribution in [-0.4, -0.2) is 40.3 Å². The predicted octanol–water partition coefficient (Wildman–Crippen LogP) is 2.45. The average molecular weight is 327 g/mol. The molecular formula is C18H25N5O.